The molecule has 0 saturated heterocycles. The van der Waals surface area contributed by atoms with Crippen molar-refractivity contribution < 1.29 is 0 Å². The summed E-state index contributed by atoms with van der Waals surface area (Å²) in [4.78, 5) is 17.8. The summed E-state index contributed by atoms with van der Waals surface area (Å²) in [6.45, 7) is 3.03. The summed E-state index contributed by atoms with van der Waals surface area (Å²) >= 11 is 0. The highest BCUT2D eigenvalue weighted by molar-refractivity contribution is 5.83. The van der Waals surface area contributed by atoms with Crippen LogP contribution in [-0.4, -0.2) is 50.5 Å². The molecule has 3 rings (SSSR count). The molecule has 0 aliphatic heterocycles. The number of nitrogens with one attached hydrogen (secondary N) is 2. The van der Waals surface area contributed by atoms with Crippen LogP contribution in [0.5, 0.6) is 0 Å². The minimum atomic E-state index is 0.241. The molecule has 1 aliphatic carbocycles. The highest BCUT2D eigenvalue weighted by Crippen LogP contribution is 2.27. The molecule has 7 nitrogen and oxygen atoms in total. The number of aromatic nitrogens is 4. The number of nitrogen functional groups attached to an aromatic ring is 1. The minimum absolute atomic E-state index is 0.241. The van der Waals surface area contributed by atoms with Crippen LogP contribution in [0, 0.1) is 0 Å². The third-order valence-corrected chi connectivity index (χ3v) is 3.69. The van der Waals surface area contributed by atoms with Crippen molar-refractivity contribution in [1.29, 1.82) is 0 Å². The fraction of sp³-hybridized carbons (Fsp3) is 0.583. The number of hydrogen-bond acceptors (Lipinski definition) is 6. The molecule has 102 valence electrons. The molecular weight excluding hydrogens is 242 g/mol. The number of anilines is 2. The van der Waals surface area contributed by atoms with E-state index in [-0.39, 0.29) is 5.95 Å². The number of likely N-dealkylation sites (N-methyl/N-ethyl adjacent to an activating group) is 1. The van der Waals surface area contributed by atoms with Crippen molar-refractivity contribution in [2.24, 2.45) is 0 Å². The van der Waals surface area contributed by atoms with Crippen LogP contribution < -0.4 is 11.1 Å². The molecule has 0 aromatic carbocycles. The molecule has 2 heterocycles. The van der Waals surface area contributed by atoms with Crippen LogP contribution in [0.15, 0.2) is 6.33 Å². The molecule has 1 fully saturated rings. The number of fused-ring (bicyclic) bond motifs is 1. The summed E-state index contributed by atoms with van der Waals surface area (Å²) in [6, 6.07) is 1.20. The molecule has 2 aromatic heterocycles. The first-order valence-corrected chi connectivity index (χ1v) is 6.57. The number of hydrogen-bond donors (Lipinski definition) is 3. The number of nitrogens with two attached hydrogens (primary N) is 1. The number of H-pyrrole nitrogens is 1. The van der Waals surface area contributed by atoms with Crippen LogP contribution in [0.2, 0.25) is 0 Å². The van der Waals surface area contributed by atoms with Crippen molar-refractivity contribution >= 4 is 22.9 Å². The Morgan fingerprint density at radius 3 is 3.05 bits per heavy atom. The predicted molar refractivity (Wildman–Crippen MR) is 74.8 cm³/mol. The second kappa shape index (κ2) is 4.65. The fourth-order valence-corrected chi connectivity index (χ4v) is 2.21. The van der Waals surface area contributed by atoms with Crippen LogP contribution in [0.1, 0.15) is 19.8 Å². The van der Waals surface area contributed by atoms with E-state index in [1.807, 2.05) is 0 Å². The van der Waals surface area contributed by atoms with E-state index in [1.54, 1.807) is 6.33 Å². The van der Waals surface area contributed by atoms with Gasteiger partial charge in [-0.1, -0.05) is 0 Å². The molecule has 4 N–H and O–H groups in total. The van der Waals surface area contributed by atoms with Gasteiger partial charge in [0.05, 0.1) is 6.33 Å². The van der Waals surface area contributed by atoms with Gasteiger partial charge in [-0.25, -0.2) is 4.98 Å². The Morgan fingerprint density at radius 2 is 2.32 bits per heavy atom. The summed E-state index contributed by atoms with van der Waals surface area (Å²) in [7, 11) is 2.17. The van der Waals surface area contributed by atoms with E-state index in [9.17, 15) is 0 Å². The molecule has 0 amide bonds. The molecule has 7 heteroatoms. The van der Waals surface area contributed by atoms with Gasteiger partial charge in [-0.2, -0.15) is 9.97 Å². The highest BCUT2D eigenvalue weighted by Gasteiger charge is 2.29. The van der Waals surface area contributed by atoms with Crippen molar-refractivity contribution in [3.8, 4) is 0 Å². The molecule has 0 spiro atoms. The van der Waals surface area contributed by atoms with Crippen LogP contribution in [0.3, 0.4) is 0 Å². The lowest BCUT2D eigenvalue weighted by molar-refractivity contribution is 0.257. The first-order valence-electron chi connectivity index (χ1n) is 6.57. The number of imidazole rings is 1. The van der Waals surface area contributed by atoms with Crippen LogP contribution in [-0.2, 0) is 0 Å². The van der Waals surface area contributed by atoms with Gasteiger partial charge in [-0.3, -0.25) is 4.90 Å². The maximum absolute atomic E-state index is 5.68. The summed E-state index contributed by atoms with van der Waals surface area (Å²) in [6.07, 6.45) is 4.22. The van der Waals surface area contributed by atoms with Gasteiger partial charge in [0.2, 0.25) is 5.95 Å². The minimum Gasteiger partial charge on any atom is -0.368 e. The maximum atomic E-state index is 5.68. The van der Waals surface area contributed by atoms with Gasteiger partial charge in [0.1, 0.15) is 5.52 Å². The zero-order valence-corrected chi connectivity index (χ0v) is 11.2. The molecule has 0 radical (unpaired) electrons. The molecule has 19 heavy (non-hydrogen) atoms. The van der Waals surface area contributed by atoms with E-state index in [1.165, 1.54) is 12.8 Å². The Labute approximate surface area is 111 Å². The zero-order valence-electron chi connectivity index (χ0n) is 11.2. The average Bonchev–Trinajstić information content (AvgIpc) is 3.13. The molecule has 1 atom stereocenters. The Balaban J connectivity index is 1.72. The van der Waals surface area contributed by atoms with Gasteiger partial charge in [0, 0.05) is 18.6 Å². The first kappa shape index (κ1) is 12.2. The lowest BCUT2D eigenvalue weighted by Crippen LogP contribution is -2.36. The monoisotopic (exact) mass is 261 g/mol. The molecule has 2 aromatic rings. The van der Waals surface area contributed by atoms with Gasteiger partial charge in [-0.15, -0.1) is 0 Å². The third-order valence-electron chi connectivity index (χ3n) is 3.69. The van der Waals surface area contributed by atoms with Crippen molar-refractivity contribution in [2.75, 3.05) is 24.6 Å². The van der Waals surface area contributed by atoms with Crippen molar-refractivity contribution in [3.05, 3.63) is 6.33 Å². The second-order valence-corrected chi connectivity index (χ2v) is 5.16. The van der Waals surface area contributed by atoms with Crippen LogP contribution in [0.25, 0.3) is 11.2 Å². The zero-order chi connectivity index (χ0) is 13.4. The van der Waals surface area contributed by atoms with E-state index in [2.05, 4.69) is 44.1 Å². The topological polar surface area (TPSA) is 95.7 Å². The third kappa shape index (κ3) is 2.46. The van der Waals surface area contributed by atoms with Gasteiger partial charge in [0.25, 0.3) is 0 Å². The predicted octanol–water partition coefficient (Wildman–Crippen LogP) is 0.830. The van der Waals surface area contributed by atoms with E-state index in [0.717, 1.165) is 23.9 Å². The van der Waals surface area contributed by atoms with Gasteiger partial charge < -0.3 is 16.0 Å². The Morgan fingerprint density at radius 1 is 1.53 bits per heavy atom. The van der Waals surface area contributed by atoms with Gasteiger partial charge >= 0.3 is 0 Å². The summed E-state index contributed by atoms with van der Waals surface area (Å²) < 4.78 is 0. The number of rotatable bonds is 5. The molecule has 0 bridgehead atoms. The lowest BCUT2D eigenvalue weighted by atomic mass is 10.3. The standard InChI is InChI=1S/C12H19N7/c1-7(19(2)8-3-4-8)5-14-10-9-11(16-6-15-9)18-12(13)17-10/h6-8H,3-5H2,1-2H3,(H4,13,14,15,16,17,18). The van der Waals surface area contributed by atoms with Crippen LogP contribution in [0.4, 0.5) is 11.8 Å². The van der Waals surface area contributed by atoms with Gasteiger partial charge in [0.15, 0.2) is 11.5 Å². The Hall–Kier alpha value is -1.89. The van der Waals surface area contributed by atoms with E-state index in [0.29, 0.717) is 11.7 Å². The highest BCUT2D eigenvalue weighted by atomic mass is 15.2. The summed E-state index contributed by atoms with van der Waals surface area (Å²) in [5.41, 5.74) is 7.08. The lowest BCUT2D eigenvalue weighted by Gasteiger charge is -2.24. The first-order chi connectivity index (χ1) is 9.15. The van der Waals surface area contributed by atoms with E-state index >= 15 is 0 Å². The summed E-state index contributed by atoms with van der Waals surface area (Å²) in [5, 5.41) is 3.33. The summed E-state index contributed by atoms with van der Waals surface area (Å²) in [5.74, 6) is 0.960. The molecule has 1 unspecified atom stereocenters. The van der Waals surface area contributed by atoms with Gasteiger partial charge in [-0.05, 0) is 26.8 Å². The van der Waals surface area contributed by atoms with Crippen molar-refractivity contribution in [3.63, 3.8) is 0 Å². The van der Waals surface area contributed by atoms with Crippen LogP contribution >= 0.6 is 0 Å². The number of aromatic amines is 1. The van der Waals surface area contributed by atoms with Crippen molar-refractivity contribution in [1.82, 2.24) is 24.8 Å². The van der Waals surface area contributed by atoms with E-state index < -0.39 is 0 Å². The average molecular weight is 261 g/mol. The quantitative estimate of drug-likeness (QED) is 0.738. The van der Waals surface area contributed by atoms with E-state index in [4.69, 9.17) is 5.73 Å². The molecule has 1 saturated carbocycles. The maximum Gasteiger partial charge on any atom is 0.224 e. The Kier molecular flexibility index (Phi) is 2.98. The Bertz CT molecular complexity index is 574. The SMILES string of the molecule is CC(CNc1nc(N)nc2nc[nH]c12)N(C)C1CC1. The molecule has 1 aliphatic rings. The fourth-order valence-electron chi connectivity index (χ4n) is 2.21. The number of nitrogens with zero attached hydrogens (tertiary/aromatic N) is 4. The van der Waals surface area contributed by atoms with Crippen molar-refractivity contribution in [2.45, 2.75) is 31.8 Å². The largest absolute Gasteiger partial charge is 0.368 e. The normalized spacial score (nSPS) is 17.0. The smallest absolute Gasteiger partial charge is 0.224 e. The molecular formula is C12H19N7. The second-order valence-electron chi connectivity index (χ2n) is 5.16.